The molecule has 0 unspecified atom stereocenters. The summed E-state index contributed by atoms with van der Waals surface area (Å²) in [6.07, 6.45) is 0. The van der Waals surface area contributed by atoms with E-state index in [0.717, 1.165) is 8.95 Å². The second-order valence-electron chi connectivity index (χ2n) is 3.82. The maximum Gasteiger partial charge on any atom is 2.00 e. The van der Waals surface area contributed by atoms with Crippen molar-refractivity contribution in [3.05, 3.63) is 57.5 Å². The summed E-state index contributed by atoms with van der Waals surface area (Å²) in [4.78, 5) is -0.415. The van der Waals surface area contributed by atoms with Gasteiger partial charge in [0.25, 0.3) is 0 Å². The molecule has 0 atom stereocenters. The normalized spacial score (nSPS) is 11.0. The average Bonchev–Trinajstić information content (AvgIpc) is 2.38. The molecule has 0 aliphatic carbocycles. The Balaban J connectivity index is 0.000000403. The second kappa shape index (κ2) is 9.46. The van der Waals surface area contributed by atoms with E-state index in [1.165, 1.54) is 48.5 Å². The largest absolute Gasteiger partial charge is 2.00 e. The van der Waals surface area contributed by atoms with Crippen LogP contribution in [0.4, 0.5) is 0 Å². The van der Waals surface area contributed by atoms with Crippen molar-refractivity contribution in [3.8, 4) is 0 Å². The van der Waals surface area contributed by atoms with Crippen molar-refractivity contribution in [1.82, 2.24) is 0 Å². The van der Waals surface area contributed by atoms with Crippen LogP contribution < -0.4 is 0 Å². The van der Waals surface area contributed by atoms with E-state index in [2.05, 4.69) is 31.9 Å². The molecule has 0 fully saturated rings. The molecule has 0 saturated carbocycles. The van der Waals surface area contributed by atoms with E-state index in [4.69, 9.17) is 0 Å². The second-order valence-corrected chi connectivity index (χ2v) is 8.41. The summed E-state index contributed by atoms with van der Waals surface area (Å²) < 4.78 is 63.7. The zero-order valence-electron chi connectivity index (χ0n) is 11.3. The van der Waals surface area contributed by atoms with Gasteiger partial charge in [-0.05, 0) is 48.5 Å². The van der Waals surface area contributed by atoms with Gasteiger partial charge >= 0.3 is 23.1 Å². The van der Waals surface area contributed by atoms with E-state index in [0.29, 0.717) is 0 Å². The van der Waals surface area contributed by atoms with Gasteiger partial charge in [0.15, 0.2) is 0 Å². The summed E-state index contributed by atoms with van der Waals surface area (Å²) in [7, 11) is -8.58. The van der Waals surface area contributed by atoms with Crippen molar-refractivity contribution in [2.45, 2.75) is 9.79 Å². The summed E-state index contributed by atoms with van der Waals surface area (Å²) in [6.45, 7) is 0. The maximum absolute atomic E-state index is 10.4. The van der Waals surface area contributed by atoms with Gasteiger partial charge in [-0.2, -0.15) is 0 Å². The van der Waals surface area contributed by atoms with Gasteiger partial charge in [-0.3, -0.25) is 0 Å². The van der Waals surface area contributed by atoms with Gasteiger partial charge < -0.3 is 9.11 Å². The molecule has 0 heterocycles. The average molecular weight is 496 g/mol. The molecule has 23 heavy (non-hydrogen) atoms. The van der Waals surface area contributed by atoms with Crippen molar-refractivity contribution in [1.29, 1.82) is 0 Å². The van der Waals surface area contributed by atoms with Gasteiger partial charge in [-0.1, -0.05) is 31.9 Å². The first-order valence-corrected chi connectivity index (χ1v) is 9.83. The zero-order valence-corrected chi connectivity index (χ0v) is 17.6. The third-order valence-corrected chi connectivity index (χ3v) is 4.96. The summed E-state index contributed by atoms with van der Waals surface area (Å²) >= 11 is 6.23. The summed E-state index contributed by atoms with van der Waals surface area (Å²) in [5, 5.41) is 0. The van der Waals surface area contributed by atoms with Crippen LogP contribution in [0.15, 0.2) is 67.3 Å². The van der Waals surface area contributed by atoms with Crippen LogP contribution in [0.3, 0.4) is 0 Å². The predicted octanol–water partition coefficient (Wildman–Crippen LogP) is 2.33. The summed E-state index contributed by atoms with van der Waals surface area (Å²) in [5.74, 6) is 0. The monoisotopic (exact) mass is 494 g/mol. The summed E-state index contributed by atoms with van der Waals surface area (Å²) in [6, 6.07) is 11.0. The number of halogens is 2. The molecule has 0 aliphatic heterocycles. The molecule has 0 radical (unpaired) electrons. The quantitative estimate of drug-likeness (QED) is 0.466. The third kappa shape index (κ3) is 8.58. The van der Waals surface area contributed by atoms with Crippen LogP contribution in [0.2, 0.25) is 0 Å². The molecule has 11 heteroatoms. The third-order valence-electron chi connectivity index (χ3n) is 2.20. The van der Waals surface area contributed by atoms with Crippen LogP contribution in [0.25, 0.3) is 0 Å². The minimum atomic E-state index is -4.29. The fourth-order valence-corrected chi connectivity index (χ4v) is 2.67. The maximum atomic E-state index is 10.4. The smallest absolute Gasteiger partial charge is 0.744 e. The van der Waals surface area contributed by atoms with Crippen LogP contribution in [-0.2, 0) is 20.2 Å². The van der Waals surface area contributed by atoms with Gasteiger partial charge in [-0.15, -0.1) is 0 Å². The Kier molecular flexibility index (Phi) is 9.46. The zero-order chi connectivity index (χ0) is 17.0. The van der Waals surface area contributed by atoms with E-state index in [9.17, 15) is 25.9 Å². The fraction of sp³-hybridized carbons (Fsp3) is 0. The molecule has 2 aromatic rings. The topological polar surface area (TPSA) is 114 Å². The van der Waals surface area contributed by atoms with Gasteiger partial charge in [0.2, 0.25) is 0 Å². The molecule has 2 rings (SSSR count). The van der Waals surface area contributed by atoms with Crippen molar-refractivity contribution in [2.24, 2.45) is 0 Å². The Bertz CT molecular complexity index is 761. The van der Waals surface area contributed by atoms with E-state index in [1.807, 2.05) is 0 Å². The van der Waals surface area contributed by atoms with Gasteiger partial charge in [-0.25, -0.2) is 16.8 Å². The number of benzene rings is 2. The summed E-state index contributed by atoms with van der Waals surface area (Å²) in [5.41, 5.74) is 0. The van der Waals surface area contributed by atoms with Crippen LogP contribution in [0.5, 0.6) is 0 Å². The molecule has 0 aromatic heterocycles. The Morgan fingerprint density at radius 2 is 0.826 bits per heavy atom. The molecule has 6 nitrogen and oxygen atoms in total. The first kappa shape index (κ1) is 23.0. The Labute approximate surface area is 167 Å². The number of hydrogen-bond donors (Lipinski definition) is 0. The van der Waals surface area contributed by atoms with Gasteiger partial charge in [0, 0.05) is 8.95 Å². The van der Waals surface area contributed by atoms with E-state index in [1.54, 1.807) is 0 Å². The molecule has 0 N–H and O–H groups in total. The van der Waals surface area contributed by atoms with E-state index in [-0.39, 0.29) is 32.8 Å². The van der Waals surface area contributed by atoms with Crippen LogP contribution >= 0.6 is 31.9 Å². The van der Waals surface area contributed by atoms with Crippen LogP contribution in [0, 0.1) is 0 Å². The Hall–Kier alpha value is -0.0138. The van der Waals surface area contributed by atoms with Crippen molar-refractivity contribution >= 4 is 75.1 Å². The van der Waals surface area contributed by atoms with Crippen LogP contribution in [0.1, 0.15) is 0 Å². The van der Waals surface area contributed by atoms with Gasteiger partial charge in [0.05, 0.1) is 9.79 Å². The fourth-order valence-electron chi connectivity index (χ4n) is 1.20. The Morgan fingerprint density at radius 1 is 0.609 bits per heavy atom. The van der Waals surface area contributed by atoms with Crippen molar-refractivity contribution in [3.63, 3.8) is 0 Å². The molecule has 0 saturated heterocycles. The SMILES string of the molecule is O=S(=O)([O-])c1ccc(Br)cc1.O=S(=O)([O-])c1ccc(Br)cc1.[Mg+2]. The molecular formula is C12H8Br2MgO6S2. The molecule has 0 aliphatic rings. The molecule has 0 amide bonds. The first-order chi connectivity index (χ1) is 10.00. The molecule has 0 spiro atoms. The number of hydrogen-bond acceptors (Lipinski definition) is 6. The van der Waals surface area contributed by atoms with Crippen molar-refractivity contribution < 1.29 is 25.9 Å². The molecule has 120 valence electrons. The predicted molar refractivity (Wildman–Crippen MR) is 90.0 cm³/mol. The van der Waals surface area contributed by atoms with E-state index < -0.39 is 20.2 Å². The number of rotatable bonds is 2. The standard InChI is InChI=1S/2C6H5BrO3S.Mg/c2*7-5-1-3-6(4-2-5)11(8,9)10;/h2*1-4H,(H,8,9,10);/q;;+2/p-2. The molecule has 2 aromatic carbocycles. The molecule has 0 bridgehead atoms. The van der Waals surface area contributed by atoms with E-state index >= 15 is 0 Å². The van der Waals surface area contributed by atoms with Crippen molar-refractivity contribution in [2.75, 3.05) is 0 Å². The van der Waals surface area contributed by atoms with Gasteiger partial charge in [0.1, 0.15) is 20.2 Å². The van der Waals surface area contributed by atoms with Crippen LogP contribution in [-0.4, -0.2) is 49.0 Å². The minimum Gasteiger partial charge on any atom is -0.744 e. The first-order valence-electron chi connectivity index (χ1n) is 5.43. The molecular weight excluding hydrogens is 488 g/mol. The Morgan fingerprint density at radius 3 is 1.00 bits per heavy atom. The minimum absolute atomic E-state index is 0.